The molecule has 1 spiro atoms. The number of para-hydroxylation sites is 3. The lowest BCUT2D eigenvalue weighted by Crippen LogP contribution is -2.61. The number of nitrogens with zero attached hydrogens (tertiary/aromatic N) is 4. The lowest BCUT2D eigenvalue weighted by molar-refractivity contribution is 0.591. The number of hydrogen-bond acceptors (Lipinski definition) is 2. The van der Waals surface area contributed by atoms with Gasteiger partial charge in [0.1, 0.15) is 0 Å². The predicted octanol–water partition coefficient (Wildman–Crippen LogP) is 33.9. The maximum Gasteiger partial charge on any atom is 0.252 e. The largest absolute Gasteiger partial charge is 0.310 e. The van der Waals surface area contributed by atoms with Gasteiger partial charge in [-0.05, 0) is 261 Å². The van der Waals surface area contributed by atoms with Gasteiger partial charge in [-0.15, -0.1) is 0 Å². The van der Waals surface area contributed by atoms with E-state index in [4.69, 9.17) is 0 Å². The van der Waals surface area contributed by atoms with E-state index in [9.17, 15) is 19.2 Å². The van der Waals surface area contributed by atoms with Crippen molar-refractivity contribution in [2.24, 2.45) is 0 Å². The summed E-state index contributed by atoms with van der Waals surface area (Å²) < 4.78 is 147. The number of hydrogen-bond donors (Lipinski definition) is 0. The van der Waals surface area contributed by atoms with Crippen molar-refractivity contribution in [3.8, 4) is 112 Å². The topological polar surface area (TPSA) is 16.3 Å². The normalized spacial score (nSPS) is 14.5. The van der Waals surface area contributed by atoms with E-state index < -0.39 is 65.9 Å². The SMILES string of the molecule is [2H]c1c([2H])c([2H])c2c(c1[2H])c1c([2H])c(-c3ccccc3)c([2H])c([2H])c1n2-c1ccc2c(c1)N(c1c(-c3ccccc3)cc(C(C)(C)C)cc1-c1ccccc1)c1cc(-c3ccc4c(c3)-c3ccccc3C43c4ccccc4-c4ccccc43)cc3c1B2c1ccc(-n2c4c([2H])c([2H])c([2H])c([2H])c4c4c([2H])c(-c5ccccc5)c([2H])c([2H])c42)cc1N3c1c(-c2cccc3ccc4ccccc4c23)cccc1-c1cccc2ccc3ccccc3c12. The Morgan fingerprint density at radius 1 is 0.243 bits per heavy atom. The summed E-state index contributed by atoms with van der Waals surface area (Å²) in [7, 11) is 0. The first-order chi connectivity index (χ1) is 75.0. The first kappa shape index (κ1) is 66.7. The van der Waals surface area contributed by atoms with Crippen LogP contribution < -0.4 is 26.2 Å². The molecule has 2 aliphatic carbocycles. The van der Waals surface area contributed by atoms with Crippen LogP contribution in [-0.4, -0.2) is 15.8 Å². The number of rotatable bonds is 11. The van der Waals surface area contributed by atoms with Crippen LogP contribution in [0.25, 0.3) is 198 Å². The number of benzene rings is 23. The third-order valence-electron chi connectivity index (χ3n) is 30.1. The summed E-state index contributed by atoms with van der Waals surface area (Å²) in [4.78, 5) is 4.89. The zero-order chi connectivity index (χ0) is 105. The van der Waals surface area contributed by atoms with Gasteiger partial charge in [-0.3, -0.25) is 0 Å². The Balaban J connectivity index is 0.834. The fourth-order valence-corrected chi connectivity index (χ4v) is 24.0. The third-order valence-corrected chi connectivity index (χ3v) is 30.1. The van der Waals surface area contributed by atoms with E-state index in [1.807, 2.05) is 60.7 Å². The molecule has 25 aromatic rings. The van der Waals surface area contributed by atoms with Crippen molar-refractivity contribution in [1.29, 1.82) is 0 Å². The molecule has 652 valence electrons. The van der Waals surface area contributed by atoms with Gasteiger partial charge >= 0.3 is 0 Å². The molecule has 4 heterocycles. The van der Waals surface area contributed by atoms with Crippen LogP contribution in [0.4, 0.5) is 34.1 Å². The lowest BCUT2D eigenvalue weighted by Gasteiger charge is -2.46. The Hall–Kier alpha value is -17.6. The van der Waals surface area contributed by atoms with E-state index in [1.165, 1.54) is 11.1 Å². The molecule has 5 heteroatoms. The Morgan fingerprint density at radius 3 is 1.10 bits per heavy atom. The van der Waals surface area contributed by atoms with Gasteiger partial charge in [-0.25, -0.2) is 0 Å². The number of aromatic nitrogens is 2. The van der Waals surface area contributed by atoms with Crippen molar-refractivity contribution < 1.29 is 19.2 Å². The summed E-state index contributed by atoms with van der Waals surface area (Å²) in [5.41, 5.74) is 26.0. The Bertz CT molecular complexity index is 10300. The Kier molecular flexibility index (Phi) is 14.6. The van der Waals surface area contributed by atoms with Crippen molar-refractivity contribution >= 4 is 144 Å². The van der Waals surface area contributed by atoms with Crippen molar-refractivity contribution in [2.45, 2.75) is 31.6 Å². The highest BCUT2D eigenvalue weighted by atomic mass is 15.2. The second-order valence-electron chi connectivity index (χ2n) is 38.4. The molecule has 2 aromatic heterocycles. The highest BCUT2D eigenvalue weighted by Crippen LogP contribution is 2.65. The van der Waals surface area contributed by atoms with Crippen LogP contribution in [0.15, 0.2) is 485 Å². The second-order valence-corrected chi connectivity index (χ2v) is 38.4. The van der Waals surface area contributed by atoms with Gasteiger partial charge in [0.15, 0.2) is 0 Å². The highest BCUT2D eigenvalue weighted by molar-refractivity contribution is 7.00. The van der Waals surface area contributed by atoms with Crippen molar-refractivity contribution in [3.05, 3.63) is 513 Å². The molecule has 4 aliphatic rings. The first-order valence-electron chi connectivity index (χ1n) is 54.9. The molecule has 0 radical (unpaired) electrons. The van der Waals surface area contributed by atoms with Gasteiger partial charge in [0.25, 0.3) is 6.71 Å². The molecule has 0 N–H and O–H groups in total. The molecule has 2 aliphatic heterocycles. The molecule has 0 saturated carbocycles. The minimum absolute atomic E-state index is 0.0000171. The molecule has 0 unspecified atom stereocenters. The molecular weight excluding hydrogens is 1690 g/mol. The maximum absolute atomic E-state index is 10.7. The van der Waals surface area contributed by atoms with E-state index in [1.54, 1.807) is 33.4 Å². The number of anilines is 6. The third kappa shape index (κ3) is 11.7. The van der Waals surface area contributed by atoms with E-state index >= 15 is 0 Å². The fraction of sp³-hybridized carbons (Fsp3) is 0.0370. The van der Waals surface area contributed by atoms with Crippen molar-refractivity contribution in [2.75, 3.05) is 9.80 Å². The maximum atomic E-state index is 10.7. The average molecular weight is 1790 g/mol. The Morgan fingerprint density at radius 2 is 0.621 bits per heavy atom. The summed E-state index contributed by atoms with van der Waals surface area (Å²) in [5.74, 6) is 0. The summed E-state index contributed by atoms with van der Waals surface area (Å²) in [6.45, 7) is 5.86. The molecule has 4 nitrogen and oxygen atoms in total. The molecule has 140 heavy (non-hydrogen) atoms. The minimum atomic E-state index is -0.868. The zero-order valence-electron chi connectivity index (χ0n) is 90.5. The van der Waals surface area contributed by atoms with Crippen LogP contribution in [0.2, 0.25) is 0 Å². The smallest absolute Gasteiger partial charge is 0.252 e. The molecule has 0 bridgehead atoms. The summed E-state index contributed by atoms with van der Waals surface area (Å²) in [5, 5.41) is 8.30. The molecule has 29 rings (SSSR count). The average Bonchev–Trinajstić information content (AvgIpc) is 1.45. The van der Waals surface area contributed by atoms with Crippen LogP contribution in [0.3, 0.4) is 0 Å². The van der Waals surface area contributed by atoms with Crippen LogP contribution in [0.1, 0.15) is 67.8 Å². The fourth-order valence-electron chi connectivity index (χ4n) is 24.0. The highest BCUT2D eigenvalue weighted by Gasteiger charge is 2.53. The van der Waals surface area contributed by atoms with Gasteiger partial charge in [0, 0.05) is 77.9 Å². The van der Waals surface area contributed by atoms with Crippen LogP contribution >= 0.6 is 0 Å². The summed E-state index contributed by atoms with van der Waals surface area (Å²) in [6.07, 6.45) is 0. The standard InChI is InChI=1S/C135H89BN4/c1-134(2,3)96-80-110(86-37-12-6-13-38-86)133(111(81-96)87-39-14-7-15-40-87)140-126-83-98(138-122-60-29-24-51-105(122)114-77-93(67-74-124(114)138)85-35-10-5-11-36-85)69-72-120(126)136-119-71-68-97(137-121-59-28-23-50-104(121)113-76-92(66-73-123(113)137)84-33-8-4-9-34-84)82-125(119)139(127-78-95(79-128(140)131(127)136)94-65-70-118-112(75-94)103-49-22-27-58-117(103)135(118)115-56-25-20-47-101(115)102-48-21-26-57-116(102)135)132-108(106-52-30-43-90-63-61-88-41-16-18-45-99(88)129(90)106)54-32-55-109(132)107-53-31-44-91-64-62-89-42-17-19-46-100(89)130(91)107/h4-83H,1-3H3/i23D,24D,28D,29D,50D,51D,59D,60D,66D,67D,73D,74D,76D,77D. The molecule has 0 amide bonds. The number of fused-ring (bicyclic) bond motifs is 26. The van der Waals surface area contributed by atoms with Crippen molar-refractivity contribution in [1.82, 2.24) is 9.13 Å². The second kappa shape index (κ2) is 30.7. The summed E-state index contributed by atoms with van der Waals surface area (Å²) in [6, 6.07) is 135. The summed E-state index contributed by atoms with van der Waals surface area (Å²) >= 11 is 0. The van der Waals surface area contributed by atoms with E-state index in [0.717, 1.165) is 171 Å². The quantitative estimate of drug-likeness (QED) is 0.0948. The monoisotopic (exact) mass is 1790 g/mol. The van der Waals surface area contributed by atoms with Gasteiger partial charge in [-0.1, -0.05) is 415 Å². The van der Waals surface area contributed by atoms with E-state index in [2.05, 4.69) is 346 Å². The molecule has 23 aromatic carbocycles. The molecule has 0 fully saturated rings. The van der Waals surface area contributed by atoms with E-state index in [-0.39, 0.29) is 91.0 Å². The van der Waals surface area contributed by atoms with Gasteiger partial charge in [0.05, 0.1) is 58.0 Å². The predicted molar refractivity (Wildman–Crippen MR) is 592 cm³/mol. The minimum Gasteiger partial charge on any atom is -0.310 e. The van der Waals surface area contributed by atoms with Crippen LogP contribution in [-0.2, 0) is 10.8 Å². The molecule has 0 atom stereocenters. The zero-order valence-corrected chi connectivity index (χ0v) is 76.5. The van der Waals surface area contributed by atoms with Crippen LogP contribution in [0, 0.1) is 0 Å². The van der Waals surface area contributed by atoms with Gasteiger partial charge in [-0.2, -0.15) is 0 Å². The van der Waals surface area contributed by atoms with E-state index in [0.29, 0.717) is 39.6 Å². The van der Waals surface area contributed by atoms with Crippen molar-refractivity contribution in [3.63, 3.8) is 0 Å². The first-order valence-corrected chi connectivity index (χ1v) is 47.9. The Labute approximate surface area is 832 Å². The van der Waals surface area contributed by atoms with Gasteiger partial charge < -0.3 is 18.9 Å². The van der Waals surface area contributed by atoms with Crippen LogP contribution in [0.5, 0.6) is 0 Å². The molecular formula is C135H89BN4. The van der Waals surface area contributed by atoms with Gasteiger partial charge in [0.2, 0.25) is 0 Å². The molecule has 0 saturated heterocycles. The lowest BCUT2D eigenvalue weighted by atomic mass is 9.33.